The summed E-state index contributed by atoms with van der Waals surface area (Å²) in [4.78, 5) is 12.4. The van der Waals surface area contributed by atoms with E-state index in [4.69, 9.17) is 22.1 Å². The summed E-state index contributed by atoms with van der Waals surface area (Å²) in [5.74, 6) is 0.314. The first kappa shape index (κ1) is 15.0. The first-order chi connectivity index (χ1) is 9.61. The van der Waals surface area contributed by atoms with Crippen LogP contribution in [-0.4, -0.2) is 19.1 Å². The number of nitrogens with one attached hydrogen (secondary N) is 1. The molecule has 0 bridgehead atoms. The normalized spacial score (nSPS) is 16.5. The van der Waals surface area contributed by atoms with Crippen LogP contribution in [0.15, 0.2) is 12.1 Å². The molecule has 2 rings (SSSR count). The molecule has 0 heterocycles. The number of anilines is 1. The Balaban J connectivity index is 2.13. The number of hydrogen-bond donors (Lipinski definition) is 2. The van der Waals surface area contributed by atoms with Gasteiger partial charge < -0.3 is 15.8 Å². The van der Waals surface area contributed by atoms with Gasteiger partial charge in [-0.3, -0.25) is 4.79 Å². The van der Waals surface area contributed by atoms with E-state index < -0.39 is 0 Å². The zero-order chi connectivity index (χ0) is 14.5. The SMILES string of the molecule is COc1cc(N)c(Cl)cc1C(=O)NC1CCCCCC1. The van der Waals surface area contributed by atoms with E-state index in [1.165, 1.54) is 32.8 Å². The van der Waals surface area contributed by atoms with Crippen LogP contribution in [0.3, 0.4) is 0 Å². The second-order valence-electron chi connectivity index (χ2n) is 5.24. The average molecular weight is 297 g/mol. The van der Waals surface area contributed by atoms with Crippen molar-refractivity contribution in [3.05, 3.63) is 22.7 Å². The van der Waals surface area contributed by atoms with Gasteiger partial charge >= 0.3 is 0 Å². The van der Waals surface area contributed by atoms with Gasteiger partial charge in [0.15, 0.2) is 0 Å². The molecular formula is C15H21ClN2O2. The van der Waals surface area contributed by atoms with Gasteiger partial charge in [-0.25, -0.2) is 0 Å². The molecule has 0 saturated heterocycles. The highest BCUT2D eigenvalue weighted by atomic mass is 35.5. The minimum atomic E-state index is -0.143. The fraction of sp³-hybridized carbons (Fsp3) is 0.533. The number of hydrogen-bond acceptors (Lipinski definition) is 3. The van der Waals surface area contributed by atoms with Gasteiger partial charge in [0.05, 0.1) is 23.4 Å². The van der Waals surface area contributed by atoms with E-state index in [1.807, 2.05) is 0 Å². The van der Waals surface area contributed by atoms with Crippen molar-refractivity contribution in [1.29, 1.82) is 0 Å². The van der Waals surface area contributed by atoms with Crippen molar-refractivity contribution < 1.29 is 9.53 Å². The molecule has 4 nitrogen and oxygen atoms in total. The second kappa shape index (κ2) is 6.84. The minimum Gasteiger partial charge on any atom is -0.496 e. The van der Waals surface area contributed by atoms with E-state index in [0.29, 0.717) is 22.0 Å². The standard InChI is InChI=1S/C15H21ClN2O2/c1-20-14-9-13(17)12(16)8-11(14)15(19)18-10-6-4-2-3-5-7-10/h8-10H,2-7,17H2,1H3,(H,18,19). The molecule has 0 radical (unpaired) electrons. The Bertz CT molecular complexity index is 483. The number of rotatable bonds is 3. The molecule has 1 amide bonds. The number of halogens is 1. The maximum atomic E-state index is 12.4. The van der Waals surface area contributed by atoms with Crippen LogP contribution in [0.4, 0.5) is 5.69 Å². The molecule has 0 atom stereocenters. The summed E-state index contributed by atoms with van der Waals surface area (Å²) in [5, 5.41) is 3.45. The summed E-state index contributed by atoms with van der Waals surface area (Å²) in [6, 6.07) is 3.40. The highest BCUT2D eigenvalue weighted by Crippen LogP contribution is 2.29. The number of carbonyl (C=O) groups is 1. The molecule has 0 aliphatic heterocycles. The van der Waals surface area contributed by atoms with Crippen LogP contribution < -0.4 is 15.8 Å². The molecule has 5 heteroatoms. The van der Waals surface area contributed by atoms with E-state index in [9.17, 15) is 4.79 Å². The third-order valence-corrected chi connectivity index (χ3v) is 4.08. The molecule has 1 aromatic rings. The first-order valence-corrected chi connectivity index (χ1v) is 7.43. The van der Waals surface area contributed by atoms with Gasteiger partial charge in [-0.1, -0.05) is 37.3 Å². The van der Waals surface area contributed by atoms with Gasteiger partial charge in [0.25, 0.3) is 5.91 Å². The summed E-state index contributed by atoms with van der Waals surface area (Å²) >= 11 is 6.00. The third kappa shape index (κ3) is 3.57. The van der Waals surface area contributed by atoms with Crippen LogP contribution in [0.25, 0.3) is 0 Å². The van der Waals surface area contributed by atoms with Crippen LogP contribution in [0, 0.1) is 0 Å². The van der Waals surface area contributed by atoms with Crippen LogP contribution in [0.1, 0.15) is 48.9 Å². The number of methoxy groups -OCH3 is 1. The van der Waals surface area contributed by atoms with E-state index in [1.54, 1.807) is 12.1 Å². The van der Waals surface area contributed by atoms with Gasteiger partial charge in [0, 0.05) is 12.1 Å². The second-order valence-corrected chi connectivity index (χ2v) is 5.64. The number of nitrogens with two attached hydrogens (primary N) is 1. The summed E-state index contributed by atoms with van der Waals surface area (Å²) < 4.78 is 5.22. The Morgan fingerprint density at radius 1 is 1.30 bits per heavy atom. The fourth-order valence-corrected chi connectivity index (χ4v) is 2.77. The predicted molar refractivity (Wildman–Crippen MR) is 81.4 cm³/mol. The zero-order valence-electron chi connectivity index (χ0n) is 11.7. The molecule has 3 N–H and O–H groups in total. The number of amides is 1. The molecule has 1 fully saturated rings. The van der Waals surface area contributed by atoms with Crippen molar-refractivity contribution in [3.8, 4) is 5.75 Å². The van der Waals surface area contributed by atoms with Crippen LogP contribution >= 0.6 is 11.6 Å². The zero-order valence-corrected chi connectivity index (χ0v) is 12.5. The highest BCUT2D eigenvalue weighted by Gasteiger charge is 2.19. The summed E-state index contributed by atoms with van der Waals surface area (Å²) in [5.41, 5.74) is 6.58. The summed E-state index contributed by atoms with van der Waals surface area (Å²) in [7, 11) is 1.52. The largest absolute Gasteiger partial charge is 0.496 e. The molecule has 0 spiro atoms. The third-order valence-electron chi connectivity index (χ3n) is 3.75. The van der Waals surface area contributed by atoms with Crippen molar-refractivity contribution in [2.75, 3.05) is 12.8 Å². The van der Waals surface area contributed by atoms with E-state index in [2.05, 4.69) is 5.32 Å². The van der Waals surface area contributed by atoms with Crippen LogP contribution in [0.5, 0.6) is 5.75 Å². The molecule has 20 heavy (non-hydrogen) atoms. The lowest BCUT2D eigenvalue weighted by atomic mass is 10.1. The van der Waals surface area contributed by atoms with Crippen LogP contribution in [-0.2, 0) is 0 Å². The monoisotopic (exact) mass is 296 g/mol. The minimum absolute atomic E-state index is 0.143. The Labute approximate surface area is 124 Å². The van der Waals surface area contributed by atoms with E-state index in [0.717, 1.165) is 12.8 Å². The van der Waals surface area contributed by atoms with Gasteiger partial charge in [0.1, 0.15) is 5.75 Å². The number of carbonyl (C=O) groups excluding carboxylic acids is 1. The molecule has 0 aromatic heterocycles. The van der Waals surface area contributed by atoms with Crippen LogP contribution in [0.2, 0.25) is 5.02 Å². The molecule has 1 aromatic carbocycles. The molecule has 1 saturated carbocycles. The van der Waals surface area contributed by atoms with Crippen molar-refractivity contribution in [2.24, 2.45) is 0 Å². The van der Waals surface area contributed by atoms with Crippen molar-refractivity contribution >= 4 is 23.2 Å². The van der Waals surface area contributed by atoms with Crippen molar-refractivity contribution in [2.45, 2.75) is 44.6 Å². The molecule has 0 unspecified atom stereocenters. The Kier molecular flexibility index (Phi) is 5.12. The predicted octanol–water partition coefficient (Wildman–Crippen LogP) is 3.38. The first-order valence-electron chi connectivity index (χ1n) is 7.05. The maximum Gasteiger partial charge on any atom is 0.255 e. The lowest BCUT2D eigenvalue weighted by Gasteiger charge is -2.17. The molecular weight excluding hydrogens is 276 g/mol. The quantitative estimate of drug-likeness (QED) is 0.664. The maximum absolute atomic E-state index is 12.4. The lowest BCUT2D eigenvalue weighted by molar-refractivity contribution is 0.0930. The van der Waals surface area contributed by atoms with Gasteiger partial charge in [-0.05, 0) is 18.9 Å². The number of nitrogen functional groups attached to an aromatic ring is 1. The lowest BCUT2D eigenvalue weighted by Crippen LogP contribution is -2.34. The number of benzene rings is 1. The van der Waals surface area contributed by atoms with Gasteiger partial charge in [0.2, 0.25) is 0 Å². The van der Waals surface area contributed by atoms with E-state index >= 15 is 0 Å². The highest BCUT2D eigenvalue weighted by molar-refractivity contribution is 6.33. The Morgan fingerprint density at radius 3 is 2.55 bits per heavy atom. The van der Waals surface area contributed by atoms with Crippen molar-refractivity contribution in [3.63, 3.8) is 0 Å². The summed E-state index contributed by atoms with van der Waals surface area (Å²) in [6.45, 7) is 0. The number of ether oxygens (including phenoxy) is 1. The van der Waals surface area contributed by atoms with Gasteiger partial charge in [-0.2, -0.15) is 0 Å². The molecule has 1 aliphatic carbocycles. The molecule has 110 valence electrons. The average Bonchev–Trinajstić information content (AvgIpc) is 2.69. The summed E-state index contributed by atoms with van der Waals surface area (Å²) in [6.07, 6.45) is 6.93. The Morgan fingerprint density at radius 2 is 1.95 bits per heavy atom. The van der Waals surface area contributed by atoms with Crippen molar-refractivity contribution in [1.82, 2.24) is 5.32 Å². The fourth-order valence-electron chi connectivity index (χ4n) is 2.60. The smallest absolute Gasteiger partial charge is 0.255 e. The van der Waals surface area contributed by atoms with E-state index in [-0.39, 0.29) is 11.9 Å². The Hall–Kier alpha value is -1.42. The molecule has 1 aliphatic rings. The topological polar surface area (TPSA) is 64.3 Å². The van der Waals surface area contributed by atoms with Gasteiger partial charge in [-0.15, -0.1) is 0 Å².